The van der Waals surface area contributed by atoms with E-state index in [0.717, 1.165) is 16.7 Å². The maximum Gasteiger partial charge on any atom is 0.216 e. The molecule has 2 aromatic carbocycles. The number of amides is 1. The normalized spacial score (nSPS) is 15.8. The van der Waals surface area contributed by atoms with Gasteiger partial charge in [-0.05, 0) is 18.6 Å². The SMILES string of the molecule is CNC1=C(c2nc3ccccc3[nH]2)C(=O)C(CCNC(C)=O)N1c1cc(OC)cc(OC)c1. The number of nitrogens with one attached hydrogen (secondary N) is 3. The monoisotopic (exact) mass is 449 g/mol. The molecule has 0 radical (unpaired) electrons. The minimum Gasteiger partial charge on any atom is -0.497 e. The van der Waals surface area contributed by atoms with Gasteiger partial charge in [-0.1, -0.05) is 12.1 Å². The van der Waals surface area contributed by atoms with Gasteiger partial charge in [-0.3, -0.25) is 9.59 Å². The molecule has 3 aromatic rings. The number of hydrogen-bond donors (Lipinski definition) is 3. The number of ketones is 1. The Bertz CT molecular complexity index is 1180. The van der Waals surface area contributed by atoms with E-state index in [1.807, 2.05) is 41.3 Å². The van der Waals surface area contributed by atoms with E-state index < -0.39 is 6.04 Å². The molecule has 0 aliphatic carbocycles. The van der Waals surface area contributed by atoms with Crippen molar-refractivity contribution in [1.82, 2.24) is 20.6 Å². The largest absolute Gasteiger partial charge is 0.497 e. The zero-order valence-electron chi connectivity index (χ0n) is 19.1. The van der Waals surface area contributed by atoms with Crippen molar-refractivity contribution >= 4 is 34.0 Å². The number of para-hydroxylation sites is 2. The highest BCUT2D eigenvalue weighted by atomic mass is 16.5. The van der Waals surface area contributed by atoms with Gasteiger partial charge in [-0.25, -0.2) is 4.98 Å². The van der Waals surface area contributed by atoms with Gasteiger partial charge in [0.15, 0.2) is 5.78 Å². The molecule has 1 aliphatic heterocycles. The van der Waals surface area contributed by atoms with Crippen molar-refractivity contribution in [1.29, 1.82) is 0 Å². The Morgan fingerprint density at radius 1 is 1.15 bits per heavy atom. The third-order valence-electron chi connectivity index (χ3n) is 5.61. The van der Waals surface area contributed by atoms with Crippen molar-refractivity contribution in [3.63, 3.8) is 0 Å². The summed E-state index contributed by atoms with van der Waals surface area (Å²) < 4.78 is 10.9. The van der Waals surface area contributed by atoms with E-state index in [9.17, 15) is 9.59 Å². The number of fused-ring (bicyclic) bond motifs is 1. The molecule has 1 amide bonds. The number of carbonyl (C=O) groups is 2. The Kier molecular flexibility index (Phi) is 6.21. The predicted molar refractivity (Wildman–Crippen MR) is 126 cm³/mol. The summed E-state index contributed by atoms with van der Waals surface area (Å²) in [4.78, 5) is 35.0. The second kappa shape index (κ2) is 9.23. The van der Waals surface area contributed by atoms with Gasteiger partial charge in [0, 0.05) is 38.7 Å². The minimum absolute atomic E-state index is 0.0921. The molecule has 33 heavy (non-hydrogen) atoms. The number of anilines is 1. The zero-order valence-corrected chi connectivity index (χ0v) is 19.1. The van der Waals surface area contributed by atoms with Crippen molar-refractivity contribution in [3.8, 4) is 11.5 Å². The van der Waals surface area contributed by atoms with Crippen LogP contribution in [0, 0.1) is 0 Å². The second-order valence-electron chi connectivity index (χ2n) is 7.67. The highest BCUT2D eigenvalue weighted by molar-refractivity contribution is 6.28. The molecule has 9 heteroatoms. The average Bonchev–Trinajstić information content (AvgIpc) is 3.36. The number of benzene rings is 2. The molecule has 0 fully saturated rings. The Balaban J connectivity index is 1.85. The number of methoxy groups -OCH3 is 2. The molecule has 3 N–H and O–H groups in total. The van der Waals surface area contributed by atoms with Crippen LogP contribution in [0.5, 0.6) is 11.5 Å². The molecule has 1 unspecified atom stereocenters. The topological polar surface area (TPSA) is 109 Å². The van der Waals surface area contributed by atoms with Crippen molar-refractivity contribution in [3.05, 3.63) is 54.1 Å². The fourth-order valence-electron chi connectivity index (χ4n) is 4.11. The zero-order chi connectivity index (χ0) is 23.5. The van der Waals surface area contributed by atoms with Crippen LogP contribution in [0.3, 0.4) is 0 Å². The van der Waals surface area contributed by atoms with E-state index in [2.05, 4.69) is 20.6 Å². The van der Waals surface area contributed by atoms with E-state index in [-0.39, 0.29) is 11.7 Å². The lowest BCUT2D eigenvalue weighted by molar-refractivity contribution is -0.119. The standard InChI is InChI=1S/C24H27N5O4/c1-14(30)26-10-9-20-22(31)21(23-27-18-7-5-6-8-19(18)28-23)24(25-2)29(20)15-11-16(32-3)13-17(12-15)33-4/h5-8,11-13,20,25H,9-10H2,1-4H3,(H,26,30)(H,27,28). The average molecular weight is 450 g/mol. The molecule has 0 spiro atoms. The summed E-state index contributed by atoms with van der Waals surface area (Å²) in [7, 11) is 4.93. The van der Waals surface area contributed by atoms with Gasteiger partial charge in [0.1, 0.15) is 34.8 Å². The van der Waals surface area contributed by atoms with Crippen LogP contribution in [0.25, 0.3) is 16.6 Å². The first-order valence-corrected chi connectivity index (χ1v) is 10.6. The molecular formula is C24H27N5O4. The van der Waals surface area contributed by atoms with Crippen molar-refractivity contribution in [2.24, 2.45) is 0 Å². The molecule has 1 aliphatic rings. The number of Topliss-reactive ketones (excluding diaryl/α,β-unsaturated/α-hetero) is 1. The molecule has 1 atom stereocenters. The summed E-state index contributed by atoms with van der Waals surface area (Å²) in [6, 6.07) is 12.6. The van der Waals surface area contributed by atoms with Gasteiger partial charge in [0.2, 0.25) is 5.91 Å². The van der Waals surface area contributed by atoms with Crippen molar-refractivity contribution < 1.29 is 19.1 Å². The molecule has 4 rings (SSSR count). The number of hydrogen-bond acceptors (Lipinski definition) is 7. The lowest BCUT2D eigenvalue weighted by Crippen LogP contribution is -2.40. The summed E-state index contributed by atoms with van der Waals surface area (Å²) >= 11 is 0. The lowest BCUT2D eigenvalue weighted by Gasteiger charge is -2.29. The number of nitrogens with zero attached hydrogens (tertiary/aromatic N) is 2. The Hall–Kier alpha value is -4.01. The number of aromatic amines is 1. The first-order valence-electron chi connectivity index (χ1n) is 10.6. The van der Waals surface area contributed by atoms with E-state index in [4.69, 9.17) is 9.47 Å². The van der Waals surface area contributed by atoms with Crippen LogP contribution in [0.15, 0.2) is 48.3 Å². The maximum absolute atomic E-state index is 13.7. The molecule has 1 aromatic heterocycles. The Labute approximate surface area is 191 Å². The molecule has 0 saturated heterocycles. The van der Waals surface area contributed by atoms with E-state index >= 15 is 0 Å². The van der Waals surface area contributed by atoms with Gasteiger partial charge in [-0.15, -0.1) is 0 Å². The van der Waals surface area contributed by atoms with Crippen LogP contribution in [0.4, 0.5) is 5.69 Å². The number of aromatic nitrogens is 2. The van der Waals surface area contributed by atoms with Gasteiger partial charge in [0.05, 0.1) is 30.9 Å². The summed E-state index contributed by atoms with van der Waals surface area (Å²) in [5.41, 5.74) is 2.81. The van der Waals surface area contributed by atoms with Crippen LogP contribution in [-0.2, 0) is 9.59 Å². The first kappa shape index (κ1) is 22.2. The summed E-state index contributed by atoms with van der Waals surface area (Å²) in [6.45, 7) is 1.81. The van der Waals surface area contributed by atoms with Crippen LogP contribution in [0.2, 0.25) is 0 Å². The minimum atomic E-state index is -0.556. The maximum atomic E-state index is 13.7. The third-order valence-corrected chi connectivity index (χ3v) is 5.61. The van der Waals surface area contributed by atoms with Gasteiger partial charge >= 0.3 is 0 Å². The Morgan fingerprint density at radius 2 is 1.85 bits per heavy atom. The smallest absolute Gasteiger partial charge is 0.216 e. The van der Waals surface area contributed by atoms with Gasteiger partial charge < -0.3 is 30.0 Å². The van der Waals surface area contributed by atoms with Crippen LogP contribution in [-0.4, -0.2) is 55.5 Å². The molecule has 9 nitrogen and oxygen atoms in total. The number of rotatable bonds is 8. The van der Waals surface area contributed by atoms with Crippen molar-refractivity contribution in [2.75, 3.05) is 32.7 Å². The summed E-state index contributed by atoms with van der Waals surface area (Å²) in [5.74, 6) is 2.07. The molecular weight excluding hydrogens is 422 g/mol. The number of H-pyrrole nitrogens is 1. The highest BCUT2D eigenvalue weighted by Gasteiger charge is 2.42. The molecule has 2 heterocycles. The number of imidazole rings is 1. The highest BCUT2D eigenvalue weighted by Crippen LogP contribution is 2.39. The quantitative estimate of drug-likeness (QED) is 0.485. The molecule has 0 bridgehead atoms. The van der Waals surface area contributed by atoms with Crippen LogP contribution < -0.4 is 25.0 Å². The van der Waals surface area contributed by atoms with E-state index in [1.54, 1.807) is 27.3 Å². The van der Waals surface area contributed by atoms with E-state index in [1.165, 1.54) is 6.92 Å². The first-order chi connectivity index (χ1) is 16.0. The van der Waals surface area contributed by atoms with Crippen LogP contribution >= 0.6 is 0 Å². The third kappa shape index (κ3) is 4.21. The lowest BCUT2D eigenvalue weighted by atomic mass is 10.0. The summed E-state index contributed by atoms with van der Waals surface area (Å²) in [6.07, 6.45) is 0.410. The molecule has 0 saturated carbocycles. The van der Waals surface area contributed by atoms with Gasteiger partial charge in [0.25, 0.3) is 0 Å². The van der Waals surface area contributed by atoms with E-state index in [0.29, 0.717) is 41.7 Å². The molecule has 172 valence electrons. The Morgan fingerprint density at radius 3 is 2.45 bits per heavy atom. The summed E-state index contributed by atoms with van der Waals surface area (Å²) in [5, 5.41) is 5.99. The number of carbonyl (C=O) groups excluding carboxylic acids is 2. The predicted octanol–water partition coefficient (Wildman–Crippen LogP) is 2.45. The van der Waals surface area contributed by atoms with Crippen LogP contribution in [0.1, 0.15) is 19.2 Å². The van der Waals surface area contributed by atoms with Crippen molar-refractivity contribution in [2.45, 2.75) is 19.4 Å². The fourth-order valence-corrected chi connectivity index (χ4v) is 4.11. The second-order valence-corrected chi connectivity index (χ2v) is 7.67. The fraction of sp³-hybridized carbons (Fsp3) is 0.292. The van der Waals surface area contributed by atoms with Gasteiger partial charge in [-0.2, -0.15) is 0 Å². The number of ether oxygens (including phenoxy) is 2.